The van der Waals surface area contributed by atoms with E-state index in [2.05, 4.69) is 11.4 Å². The summed E-state index contributed by atoms with van der Waals surface area (Å²) in [5.41, 5.74) is 15.0. The molecular weight excluding hydrogens is 521 g/mol. The third-order valence-corrected chi connectivity index (χ3v) is 8.31. The van der Waals surface area contributed by atoms with Crippen molar-refractivity contribution in [3.05, 3.63) is 100 Å². The molecule has 0 radical (unpaired) electrons. The van der Waals surface area contributed by atoms with E-state index in [1.807, 2.05) is 25.1 Å². The number of rotatable bonds is 8. The molecule has 212 valence electrons. The van der Waals surface area contributed by atoms with Gasteiger partial charge in [0.15, 0.2) is 0 Å². The molecule has 1 saturated carbocycles. The maximum atomic E-state index is 15.6. The molecule has 0 aromatic heterocycles. The van der Waals surface area contributed by atoms with Gasteiger partial charge in [-0.2, -0.15) is 5.26 Å². The summed E-state index contributed by atoms with van der Waals surface area (Å²) in [6.07, 6.45) is 2.31. The quantitative estimate of drug-likeness (QED) is 0.321. The number of anilines is 1. The minimum atomic E-state index is -1.25. The summed E-state index contributed by atoms with van der Waals surface area (Å²) < 4.78 is 15.6. The van der Waals surface area contributed by atoms with Crippen molar-refractivity contribution in [3.63, 3.8) is 0 Å². The number of aliphatic hydroxyl groups excluding tert-OH is 1. The van der Waals surface area contributed by atoms with Crippen molar-refractivity contribution >= 4 is 17.6 Å². The molecule has 3 aromatic rings. The van der Waals surface area contributed by atoms with Crippen LogP contribution in [0.5, 0.6) is 0 Å². The lowest BCUT2D eigenvalue weighted by atomic mass is 9.78. The predicted molar refractivity (Wildman–Crippen MR) is 153 cm³/mol. The molecule has 41 heavy (non-hydrogen) atoms. The van der Waals surface area contributed by atoms with E-state index in [-0.39, 0.29) is 12.0 Å². The third-order valence-electron chi connectivity index (χ3n) is 8.31. The maximum absolute atomic E-state index is 15.6. The van der Waals surface area contributed by atoms with Gasteiger partial charge in [-0.1, -0.05) is 48.7 Å². The van der Waals surface area contributed by atoms with Gasteiger partial charge in [-0.05, 0) is 73.2 Å². The number of benzene rings is 3. The second kappa shape index (κ2) is 11.3. The lowest BCUT2D eigenvalue weighted by molar-refractivity contribution is -0.121. The van der Waals surface area contributed by atoms with Crippen LogP contribution in [0.25, 0.3) is 0 Å². The molecule has 1 heterocycles. The highest BCUT2D eigenvalue weighted by Crippen LogP contribution is 2.43. The number of nitrogens with two attached hydrogens (primary N) is 2. The molecule has 2 aliphatic rings. The highest BCUT2D eigenvalue weighted by Gasteiger charge is 2.48. The monoisotopic (exact) mass is 555 g/mol. The number of carbonyl (C=O) groups excluding carboxylic acids is 2. The van der Waals surface area contributed by atoms with E-state index in [9.17, 15) is 20.0 Å². The van der Waals surface area contributed by atoms with Crippen molar-refractivity contribution in [2.45, 2.75) is 62.8 Å². The molecule has 3 amide bonds. The van der Waals surface area contributed by atoms with Crippen molar-refractivity contribution in [2.24, 2.45) is 17.4 Å². The van der Waals surface area contributed by atoms with Gasteiger partial charge in [0.1, 0.15) is 11.9 Å². The van der Waals surface area contributed by atoms with Crippen LogP contribution >= 0.6 is 0 Å². The number of nitriles is 1. The first-order chi connectivity index (χ1) is 19.6. The first-order valence-electron chi connectivity index (χ1n) is 13.8. The highest BCUT2D eigenvalue weighted by atomic mass is 19.1. The summed E-state index contributed by atoms with van der Waals surface area (Å²) in [5, 5.41) is 23.4. The lowest BCUT2D eigenvalue weighted by Gasteiger charge is -2.34. The van der Waals surface area contributed by atoms with E-state index < -0.39 is 41.5 Å². The van der Waals surface area contributed by atoms with Crippen molar-refractivity contribution in [2.75, 3.05) is 5.32 Å². The Hall–Kier alpha value is -4.26. The minimum absolute atomic E-state index is 0.0375. The van der Waals surface area contributed by atoms with E-state index in [0.717, 1.165) is 29.7 Å². The zero-order chi connectivity index (χ0) is 29.3. The molecule has 1 aliphatic carbocycles. The normalized spacial score (nSPS) is 21.6. The predicted octanol–water partition coefficient (Wildman–Crippen LogP) is 4.59. The van der Waals surface area contributed by atoms with Gasteiger partial charge in [-0.3, -0.25) is 4.79 Å². The molecule has 3 aromatic carbocycles. The van der Waals surface area contributed by atoms with E-state index in [0.29, 0.717) is 34.7 Å². The summed E-state index contributed by atoms with van der Waals surface area (Å²) in [6.45, 7) is 1.91. The van der Waals surface area contributed by atoms with Crippen LogP contribution in [0.15, 0.2) is 66.7 Å². The van der Waals surface area contributed by atoms with Crippen LogP contribution in [-0.4, -0.2) is 34.1 Å². The molecule has 8 nitrogen and oxygen atoms in total. The second-order valence-electron chi connectivity index (χ2n) is 11.3. The minimum Gasteiger partial charge on any atom is -0.391 e. The van der Waals surface area contributed by atoms with Gasteiger partial charge in [0, 0.05) is 17.7 Å². The standard InChI is InChI=1S/C32H34FN5O3/c1-19-5-10-24(11-6-19)37-31(41)38-27(30(35)40)17-28(39)29(38)25-16-23(9-12-26(25)33)32(36,14-13-20-7-8-20)22-4-2-3-21(15-22)18-34/h2-6,9-12,15-16,20,27-29,39H,7-8,13-14,17,36H2,1H3,(H2,35,40)(H,37,41). The number of aliphatic hydroxyl groups is 1. The molecule has 1 aliphatic heterocycles. The van der Waals surface area contributed by atoms with Gasteiger partial charge in [-0.25, -0.2) is 9.18 Å². The lowest BCUT2D eigenvalue weighted by Crippen LogP contribution is -2.47. The maximum Gasteiger partial charge on any atom is 0.323 e. The van der Waals surface area contributed by atoms with Gasteiger partial charge in [0.2, 0.25) is 5.91 Å². The number of hydrogen-bond donors (Lipinski definition) is 4. The smallest absolute Gasteiger partial charge is 0.323 e. The number of nitrogens with one attached hydrogen (secondary N) is 1. The number of amides is 3. The first-order valence-corrected chi connectivity index (χ1v) is 13.8. The van der Waals surface area contributed by atoms with Gasteiger partial charge < -0.3 is 26.8 Å². The number of urea groups is 1. The van der Waals surface area contributed by atoms with E-state index in [1.54, 1.807) is 42.5 Å². The Morgan fingerprint density at radius 1 is 1.12 bits per heavy atom. The van der Waals surface area contributed by atoms with Crippen LogP contribution in [0.3, 0.4) is 0 Å². The molecule has 2 fully saturated rings. The highest BCUT2D eigenvalue weighted by molar-refractivity contribution is 5.94. The SMILES string of the molecule is Cc1ccc(NC(=O)N2C(C(N)=O)CC(O)C2c2cc(C(N)(CCC3CC3)c3cccc(C#N)c3)ccc2F)cc1. The zero-order valence-electron chi connectivity index (χ0n) is 22.9. The molecule has 6 N–H and O–H groups in total. The van der Waals surface area contributed by atoms with Gasteiger partial charge in [0.25, 0.3) is 0 Å². The molecular formula is C32H34FN5O3. The number of likely N-dealkylation sites (tertiary alicyclic amines) is 1. The fraction of sp³-hybridized carbons (Fsp3) is 0.344. The molecule has 9 heteroatoms. The van der Waals surface area contributed by atoms with Crippen LogP contribution in [-0.2, 0) is 10.3 Å². The molecule has 5 rings (SSSR count). The second-order valence-corrected chi connectivity index (χ2v) is 11.3. The largest absolute Gasteiger partial charge is 0.391 e. The summed E-state index contributed by atoms with van der Waals surface area (Å²) in [4.78, 5) is 27.1. The van der Waals surface area contributed by atoms with E-state index in [1.165, 1.54) is 6.07 Å². The Kier molecular flexibility index (Phi) is 7.80. The molecule has 0 bridgehead atoms. The third kappa shape index (κ3) is 5.80. The van der Waals surface area contributed by atoms with Crippen LogP contribution in [0.4, 0.5) is 14.9 Å². The fourth-order valence-electron chi connectivity index (χ4n) is 5.76. The summed E-state index contributed by atoms with van der Waals surface area (Å²) >= 11 is 0. The average Bonchev–Trinajstić information content (AvgIpc) is 3.73. The molecule has 4 unspecified atom stereocenters. The summed E-state index contributed by atoms with van der Waals surface area (Å²) in [7, 11) is 0. The number of hydrogen-bond acceptors (Lipinski definition) is 5. The van der Waals surface area contributed by atoms with E-state index in [4.69, 9.17) is 11.5 Å². The zero-order valence-corrected chi connectivity index (χ0v) is 22.9. The topological polar surface area (TPSA) is 145 Å². The number of aryl methyl sites for hydroxylation is 1. The molecule has 1 saturated heterocycles. The van der Waals surface area contributed by atoms with Crippen LogP contribution in [0.2, 0.25) is 0 Å². The summed E-state index contributed by atoms with van der Waals surface area (Å²) in [6, 6.07) is 17.7. The summed E-state index contributed by atoms with van der Waals surface area (Å²) in [5.74, 6) is -0.870. The van der Waals surface area contributed by atoms with Crippen molar-refractivity contribution in [3.8, 4) is 6.07 Å². The number of nitrogens with zero attached hydrogens (tertiary/aromatic N) is 2. The van der Waals surface area contributed by atoms with Crippen molar-refractivity contribution in [1.29, 1.82) is 5.26 Å². The van der Waals surface area contributed by atoms with Gasteiger partial charge in [-0.15, -0.1) is 0 Å². The van der Waals surface area contributed by atoms with Crippen LogP contribution < -0.4 is 16.8 Å². The number of carbonyl (C=O) groups is 2. The number of halogens is 1. The van der Waals surface area contributed by atoms with Crippen LogP contribution in [0.1, 0.15) is 66.0 Å². The van der Waals surface area contributed by atoms with E-state index >= 15 is 4.39 Å². The molecule has 4 atom stereocenters. The fourth-order valence-corrected chi connectivity index (χ4v) is 5.76. The Morgan fingerprint density at radius 3 is 2.49 bits per heavy atom. The first kappa shape index (κ1) is 28.3. The van der Waals surface area contributed by atoms with Gasteiger partial charge >= 0.3 is 6.03 Å². The van der Waals surface area contributed by atoms with Crippen molar-refractivity contribution in [1.82, 2.24) is 4.90 Å². The Labute approximate surface area is 238 Å². The molecule has 0 spiro atoms. The Bertz CT molecular complexity index is 1500. The average molecular weight is 556 g/mol. The van der Waals surface area contributed by atoms with Crippen LogP contribution in [0, 0.1) is 30.0 Å². The van der Waals surface area contributed by atoms with Crippen molar-refractivity contribution < 1.29 is 19.1 Å². The Balaban J connectivity index is 1.56. The van der Waals surface area contributed by atoms with Gasteiger partial charge in [0.05, 0.1) is 29.3 Å². The number of primary amides is 1. The Morgan fingerprint density at radius 2 is 1.83 bits per heavy atom.